The van der Waals surface area contributed by atoms with Crippen LogP contribution in [0.15, 0.2) is 16.7 Å². The number of carboxylic acids is 1. The highest BCUT2D eigenvalue weighted by Crippen LogP contribution is 2.08. The fraction of sp³-hybridized carbons (Fsp3) is 0.571. The van der Waals surface area contributed by atoms with Crippen LogP contribution in [-0.2, 0) is 4.79 Å². The first-order valence-corrected chi connectivity index (χ1v) is 6.65. The van der Waals surface area contributed by atoms with Crippen LogP contribution in [0.25, 0.3) is 0 Å². The molecule has 1 aromatic rings. The van der Waals surface area contributed by atoms with Crippen LogP contribution in [0.3, 0.4) is 0 Å². The molecule has 0 aliphatic carbocycles. The van der Waals surface area contributed by atoms with Crippen LogP contribution < -0.4 is 5.32 Å². The Labute approximate surface area is 113 Å². The molecule has 0 saturated heterocycles. The molecule has 0 bridgehead atoms. The predicted octanol–water partition coefficient (Wildman–Crippen LogP) is 2.74. The Balaban J connectivity index is 2.01. The summed E-state index contributed by atoms with van der Waals surface area (Å²) in [4.78, 5) is 22.0. The van der Waals surface area contributed by atoms with Gasteiger partial charge in [0, 0.05) is 18.5 Å². The number of nitrogens with one attached hydrogen (secondary N) is 1. The molecule has 2 N–H and O–H groups in total. The molecule has 19 heavy (non-hydrogen) atoms. The van der Waals surface area contributed by atoms with Crippen LogP contribution >= 0.6 is 0 Å². The summed E-state index contributed by atoms with van der Waals surface area (Å²) in [5.74, 6) is -0.532. The third-order valence-electron chi connectivity index (χ3n) is 2.92. The van der Waals surface area contributed by atoms with Crippen LogP contribution in [0.4, 0.5) is 0 Å². The normalized spacial score (nSPS) is 10.4. The summed E-state index contributed by atoms with van der Waals surface area (Å²) in [5.41, 5.74) is 0.839. The number of rotatable bonds is 9. The number of carbonyl (C=O) groups is 2. The molecule has 0 unspecified atom stereocenters. The average molecular weight is 267 g/mol. The number of amides is 1. The number of furan rings is 1. The number of unbranched alkanes of at least 4 members (excludes halogenated alkanes) is 4. The predicted molar refractivity (Wildman–Crippen MR) is 71.1 cm³/mol. The molecule has 5 nitrogen and oxygen atoms in total. The van der Waals surface area contributed by atoms with Crippen molar-refractivity contribution in [3.63, 3.8) is 0 Å². The van der Waals surface area contributed by atoms with Gasteiger partial charge >= 0.3 is 5.97 Å². The van der Waals surface area contributed by atoms with Gasteiger partial charge in [0.1, 0.15) is 0 Å². The molecule has 0 aliphatic heterocycles. The molecule has 0 spiro atoms. The summed E-state index contributed by atoms with van der Waals surface area (Å²) in [5, 5.41) is 11.3. The van der Waals surface area contributed by atoms with Crippen LogP contribution in [0.1, 0.15) is 54.6 Å². The van der Waals surface area contributed by atoms with Crippen molar-refractivity contribution < 1.29 is 19.1 Å². The minimum atomic E-state index is -0.735. The maximum absolute atomic E-state index is 11.7. The first kappa shape index (κ1) is 15.3. The van der Waals surface area contributed by atoms with E-state index in [0.717, 1.165) is 37.7 Å². The van der Waals surface area contributed by atoms with Gasteiger partial charge in [0.2, 0.25) is 0 Å². The Kier molecular flexibility index (Phi) is 6.71. The standard InChI is InChI=1S/C14H21NO4/c1-11-8-10-19-13(11)14(18)15-9-6-4-2-3-5-7-12(16)17/h8,10H,2-7,9H2,1H3,(H,15,18)(H,16,17). The first-order valence-electron chi connectivity index (χ1n) is 6.65. The van der Waals surface area contributed by atoms with Crippen molar-refractivity contribution in [3.05, 3.63) is 23.7 Å². The van der Waals surface area contributed by atoms with Crippen LogP contribution in [0.2, 0.25) is 0 Å². The number of aliphatic carboxylic acids is 1. The second-order valence-corrected chi connectivity index (χ2v) is 4.60. The number of hydrogen-bond donors (Lipinski definition) is 2. The van der Waals surface area contributed by atoms with Crippen molar-refractivity contribution in [2.24, 2.45) is 0 Å². The molecule has 0 fully saturated rings. The minimum Gasteiger partial charge on any atom is -0.481 e. The van der Waals surface area contributed by atoms with Gasteiger partial charge in [0.15, 0.2) is 5.76 Å². The van der Waals surface area contributed by atoms with E-state index >= 15 is 0 Å². The van der Waals surface area contributed by atoms with E-state index < -0.39 is 5.97 Å². The van der Waals surface area contributed by atoms with E-state index in [4.69, 9.17) is 9.52 Å². The zero-order chi connectivity index (χ0) is 14.1. The number of carbonyl (C=O) groups excluding carboxylic acids is 1. The van der Waals surface area contributed by atoms with E-state index in [0.29, 0.717) is 12.3 Å². The van der Waals surface area contributed by atoms with Gasteiger partial charge in [-0.2, -0.15) is 0 Å². The summed E-state index contributed by atoms with van der Waals surface area (Å²) >= 11 is 0. The highest BCUT2D eigenvalue weighted by atomic mass is 16.4. The lowest BCUT2D eigenvalue weighted by atomic mass is 10.1. The lowest BCUT2D eigenvalue weighted by Gasteiger charge is -2.04. The summed E-state index contributed by atoms with van der Waals surface area (Å²) in [6.07, 6.45) is 6.31. The smallest absolute Gasteiger partial charge is 0.303 e. The van der Waals surface area contributed by atoms with E-state index in [2.05, 4.69) is 5.32 Å². The topological polar surface area (TPSA) is 79.5 Å². The molecule has 1 rings (SSSR count). The summed E-state index contributed by atoms with van der Waals surface area (Å²) in [6.45, 7) is 2.46. The van der Waals surface area contributed by atoms with Gasteiger partial charge in [-0.15, -0.1) is 0 Å². The highest BCUT2D eigenvalue weighted by molar-refractivity contribution is 5.92. The van der Waals surface area contributed by atoms with Gasteiger partial charge in [-0.3, -0.25) is 9.59 Å². The van der Waals surface area contributed by atoms with E-state index in [9.17, 15) is 9.59 Å². The van der Waals surface area contributed by atoms with Gasteiger partial charge in [-0.25, -0.2) is 0 Å². The number of hydrogen-bond acceptors (Lipinski definition) is 3. The van der Waals surface area contributed by atoms with Gasteiger partial charge in [0.05, 0.1) is 6.26 Å². The lowest BCUT2D eigenvalue weighted by Crippen LogP contribution is -2.24. The number of carboxylic acid groups (broad SMARTS) is 1. The molecule has 0 atom stereocenters. The zero-order valence-electron chi connectivity index (χ0n) is 11.3. The van der Waals surface area contributed by atoms with Crippen molar-refractivity contribution in [3.8, 4) is 0 Å². The average Bonchev–Trinajstić information content (AvgIpc) is 2.78. The Morgan fingerprint density at radius 2 is 1.89 bits per heavy atom. The molecule has 0 aliphatic rings. The molecule has 0 radical (unpaired) electrons. The van der Waals surface area contributed by atoms with Crippen LogP contribution in [0.5, 0.6) is 0 Å². The minimum absolute atomic E-state index is 0.173. The summed E-state index contributed by atoms with van der Waals surface area (Å²) < 4.78 is 5.09. The van der Waals surface area contributed by atoms with E-state index in [1.807, 2.05) is 6.92 Å². The van der Waals surface area contributed by atoms with Crippen molar-refractivity contribution in [1.29, 1.82) is 0 Å². The van der Waals surface area contributed by atoms with Gasteiger partial charge in [0.25, 0.3) is 5.91 Å². The quantitative estimate of drug-likeness (QED) is 0.674. The van der Waals surface area contributed by atoms with E-state index in [-0.39, 0.29) is 12.3 Å². The lowest BCUT2D eigenvalue weighted by molar-refractivity contribution is -0.137. The zero-order valence-corrected chi connectivity index (χ0v) is 11.3. The van der Waals surface area contributed by atoms with Gasteiger partial charge in [-0.05, 0) is 25.8 Å². The third kappa shape index (κ3) is 6.08. The Hall–Kier alpha value is -1.78. The van der Waals surface area contributed by atoms with Crippen molar-refractivity contribution in [2.75, 3.05) is 6.54 Å². The molecule has 1 heterocycles. The Bertz CT molecular complexity index is 411. The van der Waals surface area contributed by atoms with Crippen molar-refractivity contribution in [2.45, 2.75) is 45.4 Å². The largest absolute Gasteiger partial charge is 0.481 e. The Morgan fingerprint density at radius 1 is 1.21 bits per heavy atom. The monoisotopic (exact) mass is 267 g/mol. The summed E-state index contributed by atoms with van der Waals surface area (Å²) in [7, 11) is 0. The fourth-order valence-corrected chi connectivity index (χ4v) is 1.82. The summed E-state index contributed by atoms with van der Waals surface area (Å²) in [6, 6.07) is 1.76. The molecular formula is C14H21NO4. The van der Waals surface area contributed by atoms with Gasteiger partial charge < -0.3 is 14.8 Å². The number of aryl methyl sites for hydroxylation is 1. The fourth-order valence-electron chi connectivity index (χ4n) is 1.82. The SMILES string of the molecule is Cc1ccoc1C(=O)NCCCCCCCC(=O)O. The van der Waals surface area contributed by atoms with Crippen LogP contribution in [0, 0.1) is 6.92 Å². The van der Waals surface area contributed by atoms with E-state index in [1.54, 1.807) is 6.07 Å². The molecule has 106 valence electrons. The first-order chi connectivity index (χ1) is 9.11. The Morgan fingerprint density at radius 3 is 2.53 bits per heavy atom. The molecule has 0 aromatic carbocycles. The molecule has 0 saturated carbocycles. The van der Waals surface area contributed by atoms with Gasteiger partial charge in [-0.1, -0.05) is 19.3 Å². The van der Waals surface area contributed by atoms with Crippen molar-refractivity contribution in [1.82, 2.24) is 5.32 Å². The maximum atomic E-state index is 11.7. The molecular weight excluding hydrogens is 246 g/mol. The molecule has 1 amide bonds. The molecule has 5 heteroatoms. The maximum Gasteiger partial charge on any atom is 0.303 e. The second-order valence-electron chi connectivity index (χ2n) is 4.60. The van der Waals surface area contributed by atoms with Crippen molar-refractivity contribution >= 4 is 11.9 Å². The molecule has 1 aromatic heterocycles. The highest BCUT2D eigenvalue weighted by Gasteiger charge is 2.11. The second kappa shape index (κ2) is 8.34. The van der Waals surface area contributed by atoms with Crippen LogP contribution in [-0.4, -0.2) is 23.5 Å². The van der Waals surface area contributed by atoms with E-state index in [1.165, 1.54) is 6.26 Å². The third-order valence-corrected chi connectivity index (χ3v) is 2.92.